The summed E-state index contributed by atoms with van der Waals surface area (Å²) in [5.74, 6) is 1.67. The summed E-state index contributed by atoms with van der Waals surface area (Å²) in [6.07, 6.45) is 0.938. The van der Waals surface area contributed by atoms with E-state index in [2.05, 4.69) is 25.1 Å². The molecule has 3 aromatic rings. The minimum absolute atomic E-state index is 0.0183. The maximum atomic E-state index is 13.2. The first-order valence-corrected chi connectivity index (χ1v) is 10.5. The van der Waals surface area contributed by atoms with Gasteiger partial charge in [-0.15, -0.1) is 10.2 Å². The molecule has 2 aliphatic rings. The minimum Gasteiger partial charge on any atom is -0.385 e. The molecule has 0 amide bonds. The molecule has 13 heteroatoms. The second-order valence-electron chi connectivity index (χ2n) is 8.56. The second-order valence-corrected chi connectivity index (χ2v) is 8.56. The predicted molar refractivity (Wildman–Crippen MR) is 111 cm³/mol. The first kappa shape index (κ1) is 20.8. The highest BCUT2D eigenvalue weighted by Gasteiger charge is 2.43. The molecule has 0 bridgehead atoms. The third-order valence-corrected chi connectivity index (χ3v) is 6.13. The highest BCUT2D eigenvalue weighted by molar-refractivity contribution is 5.81. The first-order valence-electron chi connectivity index (χ1n) is 10.5. The van der Waals surface area contributed by atoms with Crippen LogP contribution in [0.15, 0.2) is 12.7 Å². The zero-order valence-corrected chi connectivity index (χ0v) is 17.3. The van der Waals surface area contributed by atoms with Crippen molar-refractivity contribution in [3.8, 4) is 0 Å². The SMILES string of the molecule is Nc1ncnc2c1ncn2Cc1nc(C2CC2)nnc1N1CCC[C@](N)([C@H](O)C(F)F)C1. The molecule has 1 aliphatic heterocycles. The number of aromatic nitrogens is 7. The van der Waals surface area contributed by atoms with E-state index in [1.807, 2.05) is 0 Å². The number of piperidine rings is 1. The van der Waals surface area contributed by atoms with Gasteiger partial charge in [-0.25, -0.2) is 28.7 Å². The summed E-state index contributed by atoms with van der Waals surface area (Å²) in [6.45, 7) is 0.842. The number of nitrogen functional groups attached to an aromatic ring is 1. The minimum atomic E-state index is -2.93. The zero-order chi connectivity index (χ0) is 22.5. The van der Waals surface area contributed by atoms with E-state index in [4.69, 9.17) is 16.5 Å². The molecule has 32 heavy (non-hydrogen) atoms. The number of hydrogen-bond donors (Lipinski definition) is 3. The fraction of sp³-hybridized carbons (Fsp3) is 0.579. The van der Waals surface area contributed by atoms with Crippen LogP contribution in [0, 0.1) is 0 Å². The molecule has 0 aromatic carbocycles. The Kier molecular flexibility index (Phi) is 5.08. The van der Waals surface area contributed by atoms with Crippen molar-refractivity contribution >= 4 is 22.8 Å². The van der Waals surface area contributed by atoms with E-state index >= 15 is 0 Å². The maximum absolute atomic E-state index is 13.2. The maximum Gasteiger partial charge on any atom is 0.265 e. The summed E-state index contributed by atoms with van der Waals surface area (Å²) in [4.78, 5) is 19.1. The van der Waals surface area contributed by atoms with Crippen molar-refractivity contribution in [2.45, 2.75) is 56.2 Å². The third kappa shape index (κ3) is 3.71. The predicted octanol–water partition coefficient (Wildman–Crippen LogP) is 0.443. The largest absolute Gasteiger partial charge is 0.385 e. The molecule has 2 atom stereocenters. The number of aliphatic hydroxyl groups is 1. The van der Waals surface area contributed by atoms with Gasteiger partial charge in [0.2, 0.25) is 0 Å². The Balaban J connectivity index is 1.51. The number of fused-ring (bicyclic) bond motifs is 1. The number of hydrogen-bond acceptors (Lipinski definition) is 10. The van der Waals surface area contributed by atoms with Gasteiger partial charge in [-0.2, -0.15) is 0 Å². The van der Waals surface area contributed by atoms with Gasteiger partial charge in [0.1, 0.15) is 23.6 Å². The van der Waals surface area contributed by atoms with Gasteiger partial charge < -0.3 is 26.0 Å². The molecule has 3 aromatic heterocycles. The van der Waals surface area contributed by atoms with Crippen LogP contribution in [0.3, 0.4) is 0 Å². The smallest absolute Gasteiger partial charge is 0.265 e. The van der Waals surface area contributed by atoms with Crippen molar-refractivity contribution in [3.63, 3.8) is 0 Å². The lowest BCUT2D eigenvalue weighted by Crippen LogP contribution is -2.63. The molecule has 4 heterocycles. The molecule has 170 valence electrons. The number of alkyl halides is 2. The quantitative estimate of drug-likeness (QED) is 0.485. The number of anilines is 2. The van der Waals surface area contributed by atoms with Crippen molar-refractivity contribution in [3.05, 3.63) is 24.2 Å². The number of aliphatic hydroxyl groups excluding tert-OH is 1. The van der Waals surface area contributed by atoms with Gasteiger partial charge in [0.05, 0.1) is 18.4 Å². The van der Waals surface area contributed by atoms with Crippen molar-refractivity contribution in [2.24, 2.45) is 5.73 Å². The van der Waals surface area contributed by atoms with Crippen LogP contribution >= 0.6 is 0 Å². The van der Waals surface area contributed by atoms with Gasteiger partial charge in [-0.3, -0.25) is 0 Å². The van der Waals surface area contributed by atoms with Crippen LogP contribution in [-0.2, 0) is 6.54 Å². The molecule has 5 N–H and O–H groups in total. The molecular formula is C19H24F2N10O. The van der Waals surface area contributed by atoms with E-state index in [1.54, 1.807) is 15.8 Å². The van der Waals surface area contributed by atoms with Gasteiger partial charge in [0.25, 0.3) is 6.43 Å². The lowest BCUT2D eigenvalue weighted by Gasteiger charge is -2.43. The molecular weight excluding hydrogens is 422 g/mol. The zero-order valence-electron chi connectivity index (χ0n) is 17.3. The van der Waals surface area contributed by atoms with Crippen LogP contribution in [-0.4, -0.2) is 71.0 Å². The monoisotopic (exact) mass is 446 g/mol. The molecule has 0 radical (unpaired) electrons. The summed E-state index contributed by atoms with van der Waals surface area (Å²) in [7, 11) is 0. The van der Waals surface area contributed by atoms with Crippen LogP contribution < -0.4 is 16.4 Å². The topological polar surface area (TPSA) is 158 Å². The Morgan fingerprint density at radius 2 is 2.03 bits per heavy atom. The number of nitrogens with zero attached hydrogens (tertiary/aromatic N) is 8. The summed E-state index contributed by atoms with van der Waals surface area (Å²) in [5.41, 5.74) is 12.3. The van der Waals surface area contributed by atoms with Gasteiger partial charge in [-0.1, -0.05) is 0 Å². The van der Waals surface area contributed by atoms with E-state index in [1.165, 1.54) is 6.33 Å². The average molecular weight is 446 g/mol. The molecule has 0 spiro atoms. The van der Waals surface area contributed by atoms with Gasteiger partial charge in [0.15, 0.2) is 23.1 Å². The molecule has 2 fully saturated rings. The Morgan fingerprint density at radius 3 is 2.78 bits per heavy atom. The molecule has 1 aliphatic carbocycles. The Labute approximate surface area is 181 Å². The van der Waals surface area contributed by atoms with Gasteiger partial charge in [0, 0.05) is 19.0 Å². The van der Waals surface area contributed by atoms with E-state index in [0.29, 0.717) is 41.5 Å². The van der Waals surface area contributed by atoms with Crippen LogP contribution in [0.2, 0.25) is 0 Å². The van der Waals surface area contributed by atoms with E-state index < -0.39 is 18.1 Å². The van der Waals surface area contributed by atoms with Crippen LogP contribution in [0.4, 0.5) is 20.4 Å². The molecule has 0 unspecified atom stereocenters. The summed E-state index contributed by atoms with van der Waals surface area (Å²) >= 11 is 0. The van der Waals surface area contributed by atoms with E-state index in [9.17, 15) is 13.9 Å². The second kappa shape index (κ2) is 7.81. The normalized spacial score (nSPS) is 22.6. The summed E-state index contributed by atoms with van der Waals surface area (Å²) in [6, 6.07) is 0. The summed E-state index contributed by atoms with van der Waals surface area (Å²) < 4.78 is 28.2. The van der Waals surface area contributed by atoms with Gasteiger partial charge >= 0.3 is 0 Å². The lowest BCUT2D eigenvalue weighted by molar-refractivity contribution is -0.0530. The standard InChI is InChI=1S/C19H24F2N10O/c20-14(21)13(32)19(23)4-1-5-30(7-19)17-11(27-16(28-29-17)10-2-3-10)6-31-9-26-12-15(22)24-8-25-18(12)31/h8-10,13-14,32H,1-7,23H2,(H2,22,24,25)/t13-,19-/m1/s1. The van der Waals surface area contributed by atoms with Crippen molar-refractivity contribution < 1.29 is 13.9 Å². The number of rotatable bonds is 6. The van der Waals surface area contributed by atoms with Crippen LogP contribution in [0.25, 0.3) is 11.2 Å². The highest BCUT2D eigenvalue weighted by atomic mass is 19.3. The lowest BCUT2D eigenvalue weighted by atomic mass is 9.84. The fourth-order valence-electron chi connectivity index (χ4n) is 4.19. The van der Waals surface area contributed by atoms with Crippen molar-refractivity contribution in [2.75, 3.05) is 23.7 Å². The molecule has 11 nitrogen and oxygen atoms in total. The van der Waals surface area contributed by atoms with Crippen LogP contribution in [0.1, 0.15) is 43.1 Å². The van der Waals surface area contributed by atoms with E-state index in [-0.39, 0.29) is 31.2 Å². The molecule has 5 rings (SSSR count). The Bertz CT molecular complexity index is 1140. The number of halogens is 2. The molecule has 1 saturated heterocycles. The average Bonchev–Trinajstić information content (AvgIpc) is 3.55. The number of nitrogens with two attached hydrogens (primary N) is 2. The fourth-order valence-corrected chi connectivity index (χ4v) is 4.19. The number of imidazole rings is 1. The molecule has 1 saturated carbocycles. The van der Waals surface area contributed by atoms with Crippen LogP contribution in [0.5, 0.6) is 0 Å². The van der Waals surface area contributed by atoms with E-state index in [0.717, 1.165) is 12.8 Å². The van der Waals surface area contributed by atoms with Gasteiger partial charge in [-0.05, 0) is 25.7 Å². The highest BCUT2D eigenvalue weighted by Crippen LogP contribution is 2.38. The summed E-state index contributed by atoms with van der Waals surface area (Å²) in [5, 5.41) is 18.7. The first-order chi connectivity index (χ1) is 15.4. The van der Waals surface area contributed by atoms with Crippen molar-refractivity contribution in [1.29, 1.82) is 0 Å². The third-order valence-electron chi connectivity index (χ3n) is 6.13. The Morgan fingerprint density at radius 1 is 1.22 bits per heavy atom. The Hall–Kier alpha value is -3.06. The van der Waals surface area contributed by atoms with Crippen molar-refractivity contribution in [1.82, 2.24) is 34.7 Å².